The molecule has 0 spiro atoms. The van der Waals surface area contributed by atoms with Gasteiger partial charge in [0.25, 0.3) is 0 Å². The first kappa shape index (κ1) is 14.9. The molecule has 2 heterocycles. The smallest absolute Gasteiger partial charge is 0.0944 e. The number of rotatable bonds is 4. The standard InChI is InChI=1S/C15H27N3S/c1-12-14(15(2,3)16)19-13(17-12)8-11-18-9-6-4-5-7-10-18/h4-11,16H2,1-3H3. The molecular formula is C15H27N3S. The van der Waals surface area contributed by atoms with Crippen LogP contribution in [0.3, 0.4) is 0 Å². The molecule has 1 aromatic rings. The van der Waals surface area contributed by atoms with Crippen LogP contribution in [0, 0.1) is 6.92 Å². The molecule has 19 heavy (non-hydrogen) atoms. The van der Waals surface area contributed by atoms with Crippen LogP contribution in [0.25, 0.3) is 0 Å². The number of aryl methyl sites for hydroxylation is 1. The van der Waals surface area contributed by atoms with E-state index >= 15 is 0 Å². The second kappa shape index (κ2) is 6.33. The van der Waals surface area contributed by atoms with Gasteiger partial charge in [0.05, 0.1) is 10.7 Å². The highest BCUT2D eigenvalue weighted by molar-refractivity contribution is 7.11. The van der Waals surface area contributed by atoms with Crippen molar-refractivity contribution in [2.75, 3.05) is 19.6 Å². The number of hydrogen-bond donors (Lipinski definition) is 1. The Kier molecular flexibility index (Phi) is 4.98. The van der Waals surface area contributed by atoms with E-state index in [9.17, 15) is 0 Å². The molecule has 0 atom stereocenters. The SMILES string of the molecule is Cc1nc(CCN2CCCCCC2)sc1C(C)(C)N. The van der Waals surface area contributed by atoms with Crippen LogP contribution >= 0.6 is 11.3 Å². The number of hydrogen-bond acceptors (Lipinski definition) is 4. The molecule has 0 amide bonds. The first-order valence-electron chi connectivity index (χ1n) is 7.45. The second-order valence-corrected chi connectivity index (χ2v) is 7.33. The number of aromatic nitrogens is 1. The normalized spacial score (nSPS) is 18.5. The zero-order chi connectivity index (χ0) is 13.9. The molecule has 1 fully saturated rings. The van der Waals surface area contributed by atoms with Gasteiger partial charge in [-0.2, -0.15) is 0 Å². The highest BCUT2D eigenvalue weighted by atomic mass is 32.1. The highest BCUT2D eigenvalue weighted by Gasteiger charge is 2.21. The minimum absolute atomic E-state index is 0.261. The van der Waals surface area contributed by atoms with E-state index in [-0.39, 0.29) is 5.54 Å². The van der Waals surface area contributed by atoms with Crippen molar-refractivity contribution in [1.82, 2.24) is 9.88 Å². The van der Waals surface area contributed by atoms with Gasteiger partial charge >= 0.3 is 0 Å². The molecule has 2 rings (SSSR count). The third-order valence-corrected chi connectivity index (χ3v) is 5.32. The summed E-state index contributed by atoms with van der Waals surface area (Å²) in [5.74, 6) is 0. The maximum atomic E-state index is 6.19. The molecule has 1 saturated heterocycles. The highest BCUT2D eigenvalue weighted by Crippen LogP contribution is 2.28. The molecule has 1 aliphatic rings. The summed E-state index contributed by atoms with van der Waals surface area (Å²) in [6, 6.07) is 0. The third-order valence-electron chi connectivity index (χ3n) is 3.77. The Morgan fingerprint density at radius 3 is 2.37 bits per heavy atom. The molecule has 0 saturated carbocycles. The van der Waals surface area contributed by atoms with Gasteiger partial charge in [0, 0.05) is 23.4 Å². The van der Waals surface area contributed by atoms with Crippen molar-refractivity contribution in [3.63, 3.8) is 0 Å². The van der Waals surface area contributed by atoms with Crippen molar-refractivity contribution >= 4 is 11.3 Å². The van der Waals surface area contributed by atoms with Gasteiger partial charge < -0.3 is 10.6 Å². The van der Waals surface area contributed by atoms with Gasteiger partial charge in [-0.1, -0.05) is 12.8 Å². The minimum atomic E-state index is -0.261. The topological polar surface area (TPSA) is 42.2 Å². The lowest BCUT2D eigenvalue weighted by molar-refractivity contribution is 0.288. The van der Waals surface area contributed by atoms with E-state index in [0.29, 0.717) is 0 Å². The summed E-state index contributed by atoms with van der Waals surface area (Å²) < 4.78 is 0. The van der Waals surface area contributed by atoms with Crippen molar-refractivity contribution in [3.05, 3.63) is 15.6 Å². The Morgan fingerprint density at radius 1 is 1.21 bits per heavy atom. The van der Waals surface area contributed by atoms with Gasteiger partial charge in [0.2, 0.25) is 0 Å². The Labute approximate surface area is 121 Å². The number of thiazole rings is 1. The summed E-state index contributed by atoms with van der Waals surface area (Å²) in [5.41, 5.74) is 7.04. The van der Waals surface area contributed by atoms with Crippen LogP contribution in [0.4, 0.5) is 0 Å². The number of nitrogens with zero attached hydrogens (tertiary/aromatic N) is 2. The average molecular weight is 281 g/mol. The largest absolute Gasteiger partial charge is 0.321 e. The van der Waals surface area contributed by atoms with Crippen LogP contribution in [0.5, 0.6) is 0 Å². The van der Waals surface area contributed by atoms with Crippen LogP contribution in [-0.4, -0.2) is 29.5 Å². The van der Waals surface area contributed by atoms with Crippen molar-refractivity contribution in [2.24, 2.45) is 5.73 Å². The van der Waals surface area contributed by atoms with E-state index in [1.807, 2.05) is 0 Å². The molecule has 1 aromatic heterocycles. The summed E-state index contributed by atoms with van der Waals surface area (Å²) in [5, 5.41) is 1.25. The quantitative estimate of drug-likeness (QED) is 0.922. The van der Waals surface area contributed by atoms with Crippen LogP contribution < -0.4 is 5.73 Å². The fourth-order valence-electron chi connectivity index (χ4n) is 2.77. The molecule has 3 nitrogen and oxygen atoms in total. The van der Waals surface area contributed by atoms with Gasteiger partial charge in [-0.05, 0) is 46.7 Å². The van der Waals surface area contributed by atoms with Crippen LogP contribution in [0.2, 0.25) is 0 Å². The van der Waals surface area contributed by atoms with Gasteiger partial charge in [-0.25, -0.2) is 4.98 Å². The van der Waals surface area contributed by atoms with Crippen LogP contribution in [0.15, 0.2) is 0 Å². The lowest BCUT2D eigenvalue weighted by atomic mass is 10.0. The monoisotopic (exact) mass is 281 g/mol. The maximum absolute atomic E-state index is 6.19. The minimum Gasteiger partial charge on any atom is -0.321 e. The van der Waals surface area contributed by atoms with E-state index in [1.165, 1.54) is 48.7 Å². The lowest BCUT2D eigenvalue weighted by Crippen LogP contribution is -2.28. The summed E-state index contributed by atoms with van der Waals surface area (Å²) >= 11 is 1.80. The number of nitrogens with two attached hydrogens (primary N) is 1. The fraction of sp³-hybridized carbons (Fsp3) is 0.800. The molecule has 0 radical (unpaired) electrons. The molecular weight excluding hydrogens is 254 g/mol. The zero-order valence-electron chi connectivity index (χ0n) is 12.5. The number of likely N-dealkylation sites (tertiary alicyclic amines) is 1. The zero-order valence-corrected chi connectivity index (χ0v) is 13.4. The van der Waals surface area contributed by atoms with Gasteiger partial charge in [-0.15, -0.1) is 11.3 Å². The van der Waals surface area contributed by atoms with Crippen LogP contribution in [0.1, 0.15) is 55.1 Å². The predicted molar refractivity (Wildman–Crippen MR) is 82.7 cm³/mol. The van der Waals surface area contributed by atoms with Gasteiger partial charge in [0.1, 0.15) is 0 Å². The van der Waals surface area contributed by atoms with E-state index in [4.69, 9.17) is 10.7 Å². The summed E-state index contributed by atoms with van der Waals surface area (Å²) in [4.78, 5) is 8.53. The molecule has 0 unspecified atom stereocenters. The van der Waals surface area contributed by atoms with Gasteiger partial charge in [-0.3, -0.25) is 0 Å². The molecule has 0 aromatic carbocycles. The molecule has 1 aliphatic heterocycles. The third kappa shape index (κ3) is 4.26. The van der Waals surface area contributed by atoms with Crippen molar-refractivity contribution < 1.29 is 0 Å². The average Bonchev–Trinajstić information content (AvgIpc) is 2.56. The Bertz CT molecular complexity index is 398. The Hall–Kier alpha value is -0.450. The Balaban J connectivity index is 1.92. The van der Waals surface area contributed by atoms with Crippen molar-refractivity contribution in [3.8, 4) is 0 Å². The van der Waals surface area contributed by atoms with Crippen molar-refractivity contribution in [2.45, 2.75) is 58.4 Å². The van der Waals surface area contributed by atoms with Crippen molar-refractivity contribution in [1.29, 1.82) is 0 Å². The lowest BCUT2D eigenvalue weighted by Gasteiger charge is -2.18. The van der Waals surface area contributed by atoms with E-state index in [2.05, 4.69) is 25.7 Å². The van der Waals surface area contributed by atoms with Crippen LogP contribution in [-0.2, 0) is 12.0 Å². The molecule has 0 aliphatic carbocycles. The Morgan fingerprint density at radius 2 is 1.84 bits per heavy atom. The van der Waals surface area contributed by atoms with E-state index in [0.717, 1.165) is 18.7 Å². The molecule has 4 heteroatoms. The fourth-order valence-corrected chi connectivity index (χ4v) is 3.84. The first-order valence-corrected chi connectivity index (χ1v) is 8.26. The molecule has 108 valence electrons. The van der Waals surface area contributed by atoms with E-state index < -0.39 is 0 Å². The summed E-state index contributed by atoms with van der Waals surface area (Å²) in [7, 11) is 0. The summed E-state index contributed by atoms with van der Waals surface area (Å²) in [6.45, 7) is 9.88. The van der Waals surface area contributed by atoms with Gasteiger partial charge in [0.15, 0.2) is 0 Å². The maximum Gasteiger partial charge on any atom is 0.0944 e. The molecule has 2 N–H and O–H groups in total. The first-order chi connectivity index (χ1) is 8.97. The molecule has 0 bridgehead atoms. The second-order valence-electron chi connectivity index (χ2n) is 6.25. The summed E-state index contributed by atoms with van der Waals surface area (Å²) in [6.07, 6.45) is 6.59. The predicted octanol–water partition coefficient (Wildman–Crippen LogP) is 3.06. The van der Waals surface area contributed by atoms with E-state index in [1.54, 1.807) is 11.3 Å².